The lowest BCUT2D eigenvalue weighted by Crippen LogP contribution is -2.43. The summed E-state index contributed by atoms with van der Waals surface area (Å²) in [7, 11) is 0. The van der Waals surface area contributed by atoms with E-state index in [4.69, 9.17) is 0 Å². The van der Waals surface area contributed by atoms with Crippen LogP contribution in [0.25, 0.3) is 0 Å². The first-order chi connectivity index (χ1) is 10.3. The topological polar surface area (TPSA) is 65.5 Å². The van der Waals surface area contributed by atoms with Gasteiger partial charge in [0.25, 0.3) is 0 Å². The van der Waals surface area contributed by atoms with E-state index < -0.39 is 0 Å². The number of guanidine groups is 1. The summed E-state index contributed by atoms with van der Waals surface area (Å²) >= 11 is 4.13. The Morgan fingerprint density at radius 3 is 2.52 bits per heavy atom. The van der Waals surface area contributed by atoms with Gasteiger partial charge in [0.2, 0.25) is 5.91 Å². The third kappa shape index (κ3) is 11.1. The van der Waals surface area contributed by atoms with Crippen molar-refractivity contribution >= 4 is 69.8 Å². The van der Waals surface area contributed by atoms with Crippen molar-refractivity contribution in [3.8, 4) is 0 Å². The van der Waals surface area contributed by atoms with Crippen LogP contribution in [-0.2, 0) is 11.2 Å². The SMILES string of the molecule is CCNC(=NCC(=O)NC(C)(C)C)NCCc1ccc(I)s1.I. The molecule has 23 heavy (non-hydrogen) atoms. The second-order valence-corrected chi connectivity index (χ2v) is 8.94. The number of nitrogens with one attached hydrogen (secondary N) is 3. The van der Waals surface area contributed by atoms with Gasteiger partial charge in [-0.25, -0.2) is 4.99 Å². The molecule has 0 aliphatic carbocycles. The Bertz CT molecular complexity index is 512. The van der Waals surface area contributed by atoms with E-state index in [9.17, 15) is 4.79 Å². The molecule has 0 fully saturated rings. The zero-order valence-electron chi connectivity index (χ0n) is 14.0. The van der Waals surface area contributed by atoms with Gasteiger partial charge in [-0.05, 0) is 68.8 Å². The second-order valence-electron chi connectivity index (χ2n) is 5.88. The van der Waals surface area contributed by atoms with E-state index >= 15 is 0 Å². The smallest absolute Gasteiger partial charge is 0.242 e. The Kier molecular flexibility index (Phi) is 11.4. The number of hydrogen-bond acceptors (Lipinski definition) is 3. The molecular weight excluding hydrogens is 538 g/mol. The average molecular weight is 564 g/mol. The Morgan fingerprint density at radius 1 is 1.30 bits per heavy atom. The molecule has 0 saturated carbocycles. The minimum Gasteiger partial charge on any atom is -0.357 e. The van der Waals surface area contributed by atoms with Crippen molar-refractivity contribution in [2.45, 2.75) is 39.7 Å². The zero-order chi connectivity index (χ0) is 16.6. The summed E-state index contributed by atoms with van der Waals surface area (Å²) in [6.07, 6.45) is 0.951. The van der Waals surface area contributed by atoms with Crippen LogP contribution in [0.1, 0.15) is 32.6 Å². The average Bonchev–Trinajstić information content (AvgIpc) is 2.80. The fraction of sp³-hybridized carbons (Fsp3) is 0.600. The van der Waals surface area contributed by atoms with Crippen molar-refractivity contribution in [3.63, 3.8) is 0 Å². The van der Waals surface area contributed by atoms with Crippen molar-refractivity contribution < 1.29 is 4.79 Å². The van der Waals surface area contributed by atoms with E-state index in [1.165, 1.54) is 7.76 Å². The first kappa shape index (κ1) is 22.9. The predicted molar refractivity (Wildman–Crippen MR) is 118 cm³/mol. The highest BCUT2D eigenvalue weighted by Crippen LogP contribution is 2.18. The maximum absolute atomic E-state index is 11.8. The van der Waals surface area contributed by atoms with Crippen LogP contribution in [0, 0.1) is 2.88 Å². The van der Waals surface area contributed by atoms with Gasteiger partial charge in [0.15, 0.2) is 5.96 Å². The molecule has 0 unspecified atom stereocenters. The highest BCUT2D eigenvalue weighted by Gasteiger charge is 2.13. The lowest BCUT2D eigenvalue weighted by atomic mass is 10.1. The van der Waals surface area contributed by atoms with Gasteiger partial charge >= 0.3 is 0 Å². The molecule has 0 saturated heterocycles. The Balaban J connectivity index is 0.00000484. The summed E-state index contributed by atoms with van der Waals surface area (Å²) in [6, 6.07) is 4.27. The molecule has 0 atom stereocenters. The van der Waals surface area contributed by atoms with E-state index in [-0.39, 0.29) is 42.0 Å². The van der Waals surface area contributed by atoms with E-state index in [0.29, 0.717) is 5.96 Å². The normalized spacial score (nSPS) is 11.6. The fourth-order valence-corrected chi connectivity index (χ4v) is 3.50. The van der Waals surface area contributed by atoms with Crippen LogP contribution in [0.4, 0.5) is 0 Å². The molecule has 5 nitrogen and oxygen atoms in total. The third-order valence-electron chi connectivity index (χ3n) is 2.53. The molecule has 0 bridgehead atoms. The van der Waals surface area contributed by atoms with Gasteiger partial charge in [0.1, 0.15) is 6.54 Å². The van der Waals surface area contributed by atoms with Gasteiger partial charge < -0.3 is 16.0 Å². The molecule has 0 aliphatic heterocycles. The van der Waals surface area contributed by atoms with Crippen LogP contribution >= 0.6 is 57.9 Å². The molecule has 8 heteroatoms. The van der Waals surface area contributed by atoms with Crippen LogP contribution in [0.15, 0.2) is 17.1 Å². The number of carbonyl (C=O) groups is 1. The molecule has 0 aromatic carbocycles. The molecule has 132 valence electrons. The fourth-order valence-electron chi connectivity index (χ4n) is 1.74. The van der Waals surface area contributed by atoms with E-state index in [2.05, 4.69) is 55.7 Å². The minimum absolute atomic E-state index is 0. The second kappa shape index (κ2) is 11.5. The molecule has 0 radical (unpaired) electrons. The highest BCUT2D eigenvalue weighted by molar-refractivity contribution is 14.1. The van der Waals surface area contributed by atoms with Gasteiger partial charge in [-0.1, -0.05) is 0 Å². The molecule has 3 N–H and O–H groups in total. The van der Waals surface area contributed by atoms with Crippen LogP contribution in [0.5, 0.6) is 0 Å². The van der Waals surface area contributed by atoms with Gasteiger partial charge in [0.05, 0.1) is 2.88 Å². The van der Waals surface area contributed by atoms with Crippen LogP contribution in [0.2, 0.25) is 0 Å². The quantitative estimate of drug-likeness (QED) is 0.283. The van der Waals surface area contributed by atoms with Crippen molar-refractivity contribution in [2.24, 2.45) is 4.99 Å². The predicted octanol–water partition coefficient (Wildman–Crippen LogP) is 2.98. The lowest BCUT2D eigenvalue weighted by Gasteiger charge is -2.20. The van der Waals surface area contributed by atoms with Crippen LogP contribution in [0.3, 0.4) is 0 Å². The monoisotopic (exact) mass is 564 g/mol. The maximum Gasteiger partial charge on any atom is 0.242 e. The molecular formula is C15H26I2N4OS. The summed E-state index contributed by atoms with van der Waals surface area (Å²) in [6.45, 7) is 9.58. The number of nitrogens with zero attached hydrogens (tertiary/aromatic N) is 1. The zero-order valence-corrected chi connectivity index (χ0v) is 19.3. The molecule has 0 spiro atoms. The first-order valence-electron chi connectivity index (χ1n) is 7.37. The van der Waals surface area contributed by atoms with Gasteiger partial charge in [-0.3, -0.25) is 4.79 Å². The van der Waals surface area contributed by atoms with Crippen molar-refractivity contribution in [2.75, 3.05) is 19.6 Å². The highest BCUT2D eigenvalue weighted by atomic mass is 127. The number of thiophene rings is 1. The number of amides is 1. The maximum atomic E-state index is 11.8. The largest absolute Gasteiger partial charge is 0.357 e. The number of carbonyl (C=O) groups excluding carboxylic acids is 1. The number of rotatable bonds is 6. The minimum atomic E-state index is -0.227. The molecule has 0 aliphatic rings. The lowest BCUT2D eigenvalue weighted by molar-refractivity contribution is -0.121. The molecule has 1 heterocycles. The summed E-state index contributed by atoms with van der Waals surface area (Å²) in [4.78, 5) is 17.5. The van der Waals surface area contributed by atoms with Crippen LogP contribution in [-0.4, -0.2) is 37.0 Å². The Morgan fingerprint density at radius 2 is 2.00 bits per heavy atom. The summed E-state index contributed by atoms with van der Waals surface area (Å²) in [5, 5.41) is 9.31. The summed E-state index contributed by atoms with van der Waals surface area (Å²) in [5.41, 5.74) is -0.227. The van der Waals surface area contributed by atoms with Gasteiger partial charge in [0, 0.05) is 23.5 Å². The third-order valence-corrected chi connectivity index (χ3v) is 4.49. The summed E-state index contributed by atoms with van der Waals surface area (Å²) in [5.74, 6) is 0.607. The van der Waals surface area contributed by atoms with E-state index in [0.717, 1.165) is 19.5 Å². The van der Waals surface area contributed by atoms with Crippen molar-refractivity contribution in [1.29, 1.82) is 0 Å². The van der Waals surface area contributed by atoms with E-state index in [1.807, 2.05) is 27.7 Å². The van der Waals surface area contributed by atoms with Crippen molar-refractivity contribution in [1.82, 2.24) is 16.0 Å². The Hall–Kier alpha value is -0.1000. The molecule has 1 aromatic heterocycles. The molecule has 1 aromatic rings. The van der Waals surface area contributed by atoms with Crippen molar-refractivity contribution in [3.05, 3.63) is 19.9 Å². The van der Waals surface area contributed by atoms with Crippen LogP contribution < -0.4 is 16.0 Å². The summed E-state index contributed by atoms with van der Waals surface area (Å²) < 4.78 is 1.30. The Labute approximate surface area is 173 Å². The number of aliphatic imine (C=N–C) groups is 1. The van der Waals surface area contributed by atoms with Gasteiger partial charge in [-0.15, -0.1) is 35.3 Å². The standard InChI is InChI=1S/C15H25IN4OS.HI/c1-5-17-14(19-10-13(21)20-15(2,3)4)18-9-8-11-6-7-12(16)22-11;/h6-7H,5,8-10H2,1-4H3,(H,20,21)(H2,17,18,19);1H. The van der Waals surface area contributed by atoms with Gasteiger partial charge in [-0.2, -0.15) is 0 Å². The van der Waals surface area contributed by atoms with E-state index in [1.54, 1.807) is 11.3 Å². The molecule has 1 rings (SSSR count). The number of halogens is 2. The first-order valence-corrected chi connectivity index (χ1v) is 9.27. The molecule has 1 amide bonds. The number of hydrogen-bond donors (Lipinski definition) is 3.